The molecule has 1 aliphatic rings. The number of nitrogens with zero attached hydrogens (tertiary/aromatic N) is 3. The molecule has 2 unspecified atom stereocenters. The molecule has 0 bridgehead atoms. The topological polar surface area (TPSA) is 98.7 Å². The largest absolute Gasteiger partial charge is 0.352 e. The van der Waals surface area contributed by atoms with E-state index in [2.05, 4.69) is 4.98 Å². The third-order valence-corrected chi connectivity index (χ3v) is 4.00. The van der Waals surface area contributed by atoms with E-state index in [1.807, 2.05) is 0 Å². The summed E-state index contributed by atoms with van der Waals surface area (Å²) in [5.41, 5.74) is -0.218. The average molecular weight is 331 g/mol. The second-order valence-electron chi connectivity index (χ2n) is 5.08. The van der Waals surface area contributed by atoms with Crippen molar-refractivity contribution in [2.24, 2.45) is 7.05 Å². The summed E-state index contributed by atoms with van der Waals surface area (Å²) in [5, 5.41) is -0.0671. The minimum absolute atomic E-state index is 0.0477. The summed E-state index contributed by atoms with van der Waals surface area (Å²) < 4.78 is 27.2. The van der Waals surface area contributed by atoms with Crippen molar-refractivity contribution in [1.29, 1.82) is 0 Å². The second kappa shape index (κ2) is 6.02. The van der Waals surface area contributed by atoms with Crippen LogP contribution in [0.1, 0.15) is 19.1 Å². The molecule has 120 valence electrons. The maximum Gasteiger partial charge on any atom is 0.327 e. The van der Waals surface area contributed by atoms with Gasteiger partial charge < -0.3 is 28.2 Å². The molecule has 1 saturated heterocycles. The zero-order valence-corrected chi connectivity index (χ0v) is 12.6. The Morgan fingerprint density at radius 2 is 2.32 bits per heavy atom. The molecule has 2 atom stereocenters. The first-order chi connectivity index (χ1) is 10.5. The summed E-state index contributed by atoms with van der Waals surface area (Å²) in [6.45, 7) is 0.0477. The van der Waals surface area contributed by atoms with E-state index in [1.165, 1.54) is 28.7 Å². The standard InChI is InChI=1S/C12H15FN3O5P/c1-15-6-14-11-10(12(15)17)8(13)4-16(11)9-3-2-7(21-9)5-20-22(18)19/h4,6-7,9,18-19H,2-3,5H2,1H3. The van der Waals surface area contributed by atoms with Gasteiger partial charge in [0.2, 0.25) is 0 Å². The van der Waals surface area contributed by atoms with Gasteiger partial charge in [0.15, 0.2) is 11.5 Å². The minimum atomic E-state index is -2.42. The molecule has 2 N–H and O–H groups in total. The van der Waals surface area contributed by atoms with Crippen LogP contribution in [0.5, 0.6) is 0 Å². The van der Waals surface area contributed by atoms with Gasteiger partial charge in [-0.1, -0.05) is 0 Å². The lowest BCUT2D eigenvalue weighted by Gasteiger charge is -2.15. The van der Waals surface area contributed by atoms with Crippen LogP contribution in [0.15, 0.2) is 17.3 Å². The molecule has 0 radical (unpaired) electrons. The SMILES string of the molecule is Cn1cnc2c(c(F)cn2C2CCC(COP(O)O)O2)c1=O. The molecule has 1 fully saturated rings. The molecular weight excluding hydrogens is 316 g/mol. The van der Waals surface area contributed by atoms with Crippen LogP contribution in [0.2, 0.25) is 0 Å². The van der Waals surface area contributed by atoms with Crippen molar-refractivity contribution < 1.29 is 23.4 Å². The zero-order valence-electron chi connectivity index (χ0n) is 11.7. The Morgan fingerprint density at radius 3 is 3.05 bits per heavy atom. The van der Waals surface area contributed by atoms with Crippen molar-refractivity contribution in [3.63, 3.8) is 0 Å². The summed E-state index contributed by atoms with van der Waals surface area (Å²) in [4.78, 5) is 33.6. The fraction of sp³-hybridized carbons (Fsp3) is 0.500. The molecule has 2 aromatic heterocycles. The van der Waals surface area contributed by atoms with Crippen LogP contribution >= 0.6 is 8.60 Å². The Morgan fingerprint density at radius 1 is 1.55 bits per heavy atom. The van der Waals surface area contributed by atoms with E-state index >= 15 is 0 Å². The van der Waals surface area contributed by atoms with Crippen molar-refractivity contribution in [3.05, 3.63) is 28.7 Å². The monoisotopic (exact) mass is 331 g/mol. The lowest BCUT2D eigenvalue weighted by molar-refractivity contribution is -0.0175. The summed E-state index contributed by atoms with van der Waals surface area (Å²) in [7, 11) is -0.914. The molecule has 10 heteroatoms. The Bertz CT molecular complexity index is 746. The van der Waals surface area contributed by atoms with Crippen LogP contribution in [0.3, 0.4) is 0 Å². The molecule has 3 heterocycles. The van der Waals surface area contributed by atoms with E-state index < -0.39 is 26.2 Å². The molecular formula is C12H15FN3O5P. The molecule has 0 spiro atoms. The molecule has 1 aliphatic heterocycles. The maximum atomic E-state index is 14.0. The van der Waals surface area contributed by atoms with Crippen LogP contribution in [-0.2, 0) is 16.3 Å². The summed E-state index contributed by atoms with van der Waals surface area (Å²) in [6.07, 6.45) is 2.96. The molecule has 3 rings (SSSR count). The predicted octanol–water partition coefficient (Wildman–Crippen LogP) is 0.780. The first-order valence-corrected chi connectivity index (χ1v) is 7.82. The Labute approximate surface area is 125 Å². The first-order valence-electron chi connectivity index (χ1n) is 6.65. The lowest BCUT2D eigenvalue weighted by atomic mass is 10.2. The molecule has 0 amide bonds. The fourth-order valence-corrected chi connectivity index (χ4v) is 2.87. The third-order valence-electron chi connectivity index (χ3n) is 3.62. The van der Waals surface area contributed by atoms with E-state index in [0.29, 0.717) is 12.8 Å². The van der Waals surface area contributed by atoms with Crippen molar-refractivity contribution in [3.8, 4) is 0 Å². The Hall–Kier alpha value is -1.38. The second-order valence-corrected chi connectivity index (χ2v) is 5.85. The number of halogens is 1. The highest BCUT2D eigenvalue weighted by Gasteiger charge is 2.29. The maximum absolute atomic E-state index is 14.0. The lowest BCUT2D eigenvalue weighted by Crippen LogP contribution is -2.19. The highest BCUT2D eigenvalue weighted by molar-refractivity contribution is 7.39. The Balaban J connectivity index is 1.86. The summed E-state index contributed by atoms with van der Waals surface area (Å²) in [6, 6.07) is 0. The summed E-state index contributed by atoms with van der Waals surface area (Å²) in [5.74, 6) is -0.638. The van der Waals surface area contributed by atoms with Gasteiger partial charge in [-0.3, -0.25) is 4.79 Å². The van der Waals surface area contributed by atoms with Crippen LogP contribution < -0.4 is 5.56 Å². The number of hydrogen-bond acceptors (Lipinski definition) is 6. The van der Waals surface area contributed by atoms with E-state index in [0.717, 1.165) is 0 Å². The smallest absolute Gasteiger partial charge is 0.327 e. The van der Waals surface area contributed by atoms with Crippen LogP contribution in [0.25, 0.3) is 11.0 Å². The minimum Gasteiger partial charge on any atom is -0.352 e. The van der Waals surface area contributed by atoms with E-state index in [-0.39, 0.29) is 23.7 Å². The number of ether oxygens (including phenoxy) is 1. The highest BCUT2D eigenvalue weighted by atomic mass is 31.2. The molecule has 0 aliphatic carbocycles. The van der Waals surface area contributed by atoms with Gasteiger partial charge >= 0.3 is 8.60 Å². The first kappa shape index (κ1) is 15.5. The molecule has 0 saturated carbocycles. The van der Waals surface area contributed by atoms with E-state index in [9.17, 15) is 9.18 Å². The van der Waals surface area contributed by atoms with Crippen molar-refractivity contribution in [2.75, 3.05) is 6.61 Å². The van der Waals surface area contributed by atoms with Gasteiger partial charge in [0.1, 0.15) is 11.6 Å². The van der Waals surface area contributed by atoms with Crippen LogP contribution in [-0.4, -0.2) is 36.6 Å². The third kappa shape index (κ3) is 2.78. The fourth-order valence-electron chi connectivity index (χ4n) is 2.57. The number of rotatable bonds is 4. The highest BCUT2D eigenvalue weighted by Crippen LogP contribution is 2.33. The van der Waals surface area contributed by atoms with E-state index in [4.69, 9.17) is 19.0 Å². The quantitative estimate of drug-likeness (QED) is 0.804. The van der Waals surface area contributed by atoms with Crippen LogP contribution in [0, 0.1) is 5.82 Å². The summed E-state index contributed by atoms with van der Waals surface area (Å²) >= 11 is 0. The van der Waals surface area contributed by atoms with Gasteiger partial charge in [-0.25, -0.2) is 9.37 Å². The van der Waals surface area contributed by atoms with Gasteiger partial charge in [0.25, 0.3) is 5.56 Å². The van der Waals surface area contributed by atoms with Gasteiger partial charge in [0, 0.05) is 13.2 Å². The average Bonchev–Trinajstić information content (AvgIpc) is 3.05. The van der Waals surface area contributed by atoms with Crippen molar-refractivity contribution in [1.82, 2.24) is 14.1 Å². The number of aryl methyl sites for hydroxylation is 1. The zero-order chi connectivity index (χ0) is 15.9. The van der Waals surface area contributed by atoms with Gasteiger partial charge in [-0.15, -0.1) is 0 Å². The number of aromatic nitrogens is 3. The van der Waals surface area contributed by atoms with E-state index in [1.54, 1.807) is 0 Å². The van der Waals surface area contributed by atoms with Gasteiger partial charge in [0.05, 0.1) is 19.0 Å². The van der Waals surface area contributed by atoms with Crippen LogP contribution in [0.4, 0.5) is 4.39 Å². The normalized spacial score (nSPS) is 22.0. The van der Waals surface area contributed by atoms with Gasteiger partial charge in [-0.05, 0) is 12.8 Å². The Kier molecular flexibility index (Phi) is 4.24. The number of fused-ring (bicyclic) bond motifs is 1. The molecule has 2 aromatic rings. The molecule has 8 nitrogen and oxygen atoms in total. The molecule has 0 aromatic carbocycles. The van der Waals surface area contributed by atoms with Gasteiger partial charge in [-0.2, -0.15) is 0 Å². The van der Waals surface area contributed by atoms with Crippen molar-refractivity contribution in [2.45, 2.75) is 25.2 Å². The van der Waals surface area contributed by atoms with Crippen molar-refractivity contribution >= 4 is 19.6 Å². The number of hydrogen-bond donors (Lipinski definition) is 2. The predicted molar refractivity (Wildman–Crippen MR) is 75.4 cm³/mol. The molecule has 22 heavy (non-hydrogen) atoms.